The van der Waals surface area contributed by atoms with Crippen LogP contribution in [0.3, 0.4) is 0 Å². The quantitative estimate of drug-likeness (QED) is 0.858. The standard InChI is InChI=1S/C16H25N3O2/c1-11(2)14-17-18-15(21-14)12-7-9-19(10-8-12)16(20)13-5-3-4-6-13/h11-13H,3-10H2,1-2H3. The summed E-state index contributed by atoms with van der Waals surface area (Å²) in [4.78, 5) is 14.5. The predicted molar refractivity (Wildman–Crippen MR) is 78.9 cm³/mol. The molecule has 0 spiro atoms. The molecule has 0 atom stereocenters. The summed E-state index contributed by atoms with van der Waals surface area (Å²) in [7, 11) is 0. The van der Waals surface area contributed by atoms with Crippen LogP contribution in [0.2, 0.25) is 0 Å². The Balaban J connectivity index is 1.55. The first-order chi connectivity index (χ1) is 10.1. The fourth-order valence-corrected chi connectivity index (χ4v) is 3.42. The zero-order valence-corrected chi connectivity index (χ0v) is 13.0. The SMILES string of the molecule is CC(C)c1nnc(C2CCN(C(=O)C3CCCC3)CC2)o1. The van der Waals surface area contributed by atoms with Crippen LogP contribution in [0.1, 0.15) is 76.0 Å². The molecule has 116 valence electrons. The first-order valence-electron chi connectivity index (χ1n) is 8.27. The van der Waals surface area contributed by atoms with Gasteiger partial charge in [-0.25, -0.2) is 0 Å². The third-order valence-corrected chi connectivity index (χ3v) is 4.81. The molecule has 1 aromatic heterocycles. The van der Waals surface area contributed by atoms with Crippen molar-refractivity contribution >= 4 is 5.91 Å². The zero-order valence-electron chi connectivity index (χ0n) is 13.0. The van der Waals surface area contributed by atoms with Gasteiger partial charge in [0.2, 0.25) is 17.7 Å². The number of piperidine rings is 1. The highest BCUT2D eigenvalue weighted by atomic mass is 16.4. The molecule has 1 saturated heterocycles. The Kier molecular flexibility index (Phi) is 4.27. The molecule has 1 aliphatic carbocycles. The molecule has 0 N–H and O–H groups in total. The summed E-state index contributed by atoms with van der Waals surface area (Å²) in [5, 5.41) is 8.30. The van der Waals surface area contributed by atoms with Gasteiger partial charge in [0.25, 0.3) is 0 Å². The van der Waals surface area contributed by atoms with E-state index >= 15 is 0 Å². The number of aromatic nitrogens is 2. The lowest BCUT2D eigenvalue weighted by Gasteiger charge is -2.32. The number of carbonyl (C=O) groups excluding carboxylic acids is 1. The van der Waals surface area contributed by atoms with Gasteiger partial charge in [0.15, 0.2) is 0 Å². The van der Waals surface area contributed by atoms with Gasteiger partial charge in [0.1, 0.15) is 0 Å². The topological polar surface area (TPSA) is 59.2 Å². The lowest BCUT2D eigenvalue weighted by atomic mass is 9.95. The number of nitrogens with zero attached hydrogens (tertiary/aromatic N) is 3. The van der Waals surface area contributed by atoms with Crippen molar-refractivity contribution in [1.82, 2.24) is 15.1 Å². The molecule has 0 aromatic carbocycles. The van der Waals surface area contributed by atoms with Crippen LogP contribution in [0.5, 0.6) is 0 Å². The summed E-state index contributed by atoms with van der Waals surface area (Å²) in [6.45, 7) is 5.78. The molecule has 3 rings (SSSR count). The Hall–Kier alpha value is -1.39. The van der Waals surface area contributed by atoms with Gasteiger partial charge in [-0.2, -0.15) is 0 Å². The molecule has 2 fully saturated rings. The minimum atomic E-state index is 0.273. The van der Waals surface area contributed by atoms with Crippen molar-refractivity contribution < 1.29 is 9.21 Å². The van der Waals surface area contributed by atoms with E-state index in [1.165, 1.54) is 12.8 Å². The average molecular weight is 291 g/mol. The van der Waals surface area contributed by atoms with Crippen LogP contribution in [0.4, 0.5) is 0 Å². The molecule has 1 aromatic rings. The maximum absolute atomic E-state index is 12.4. The molecule has 1 aliphatic heterocycles. The largest absolute Gasteiger partial charge is 0.425 e. The van der Waals surface area contributed by atoms with Gasteiger partial charge in [-0.3, -0.25) is 4.79 Å². The van der Waals surface area contributed by atoms with Crippen molar-refractivity contribution in [3.05, 3.63) is 11.8 Å². The van der Waals surface area contributed by atoms with E-state index in [1.807, 2.05) is 4.90 Å². The molecule has 5 nitrogen and oxygen atoms in total. The summed E-state index contributed by atoms with van der Waals surface area (Å²) in [6.07, 6.45) is 6.48. The molecule has 1 saturated carbocycles. The van der Waals surface area contributed by atoms with Gasteiger partial charge < -0.3 is 9.32 Å². The minimum absolute atomic E-state index is 0.273. The molecule has 2 aliphatic rings. The van der Waals surface area contributed by atoms with E-state index in [1.54, 1.807) is 0 Å². The summed E-state index contributed by atoms with van der Waals surface area (Å²) >= 11 is 0. The highest BCUT2D eigenvalue weighted by Gasteiger charge is 2.31. The van der Waals surface area contributed by atoms with E-state index in [0.717, 1.165) is 50.6 Å². The maximum Gasteiger partial charge on any atom is 0.225 e. The second-order valence-electron chi connectivity index (χ2n) is 6.71. The first kappa shape index (κ1) is 14.5. The second-order valence-corrected chi connectivity index (χ2v) is 6.71. The highest BCUT2D eigenvalue weighted by Crippen LogP contribution is 2.31. The van der Waals surface area contributed by atoms with Gasteiger partial charge >= 0.3 is 0 Å². The van der Waals surface area contributed by atoms with Crippen molar-refractivity contribution in [2.45, 2.75) is 64.2 Å². The Morgan fingerprint density at radius 1 is 1.14 bits per heavy atom. The first-order valence-corrected chi connectivity index (χ1v) is 8.27. The molecule has 0 unspecified atom stereocenters. The number of hydrogen-bond donors (Lipinski definition) is 0. The normalized spacial score (nSPS) is 21.4. The number of hydrogen-bond acceptors (Lipinski definition) is 4. The number of carbonyl (C=O) groups is 1. The summed E-state index contributed by atoms with van der Waals surface area (Å²) in [5.74, 6) is 2.73. The number of amides is 1. The Labute approximate surface area is 126 Å². The van der Waals surface area contributed by atoms with Crippen molar-refractivity contribution in [2.75, 3.05) is 13.1 Å². The Morgan fingerprint density at radius 2 is 1.81 bits per heavy atom. The van der Waals surface area contributed by atoms with Gasteiger partial charge in [-0.05, 0) is 25.7 Å². The third kappa shape index (κ3) is 3.11. The predicted octanol–water partition coefficient (Wildman–Crippen LogP) is 3.09. The van der Waals surface area contributed by atoms with Crippen LogP contribution >= 0.6 is 0 Å². The van der Waals surface area contributed by atoms with Gasteiger partial charge in [-0.1, -0.05) is 26.7 Å². The maximum atomic E-state index is 12.4. The lowest BCUT2D eigenvalue weighted by molar-refractivity contribution is -0.136. The molecule has 0 bridgehead atoms. The average Bonchev–Trinajstić information content (AvgIpc) is 3.18. The van der Waals surface area contributed by atoms with E-state index in [2.05, 4.69) is 24.0 Å². The molecular formula is C16H25N3O2. The minimum Gasteiger partial charge on any atom is -0.425 e. The molecule has 2 heterocycles. The van der Waals surface area contributed by atoms with Crippen molar-refractivity contribution in [3.63, 3.8) is 0 Å². The van der Waals surface area contributed by atoms with Gasteiger partial charge in [0.05, 0.1) is 0 Å². The summed E-state index contributed by atoms with van der Waals surface area (Å²) < 4.78 is 5.75. The van der Waals surface area contributed by atoms with Gasteiger partial charge in [-0.15, -0.1) is 10.2 Å². The highest BCUT2D eigenvalue weighted by molar-refractivity contribution is 5.79. The van der Waals surface area contributed by atoms with E-state index in [4.69, 9.17) is 4.42 Å². The van der Waals surface area contributed by atoms with Crippen molar-refractivity contribution in [3.8, 4) is 0 Å². The second kappa shape index (κ2) is 6.16. The van der Waals surface area contributed by atoms with E-state index in [9.17, 15) is 4.79 Å². The fourth-order valence-electron chi connectivity index (χ4n) is 3.42. The Morgan fingerprint density at radius 3 is 2.38 bits per heavy atom. The van der Waals surface area contributed by atoms with E-state index in [0.29, 0.717) is 11.8 Å². The van der Waals surface area contributed by atoms with E-state index < -0.39 is 0 Å². The number of rotatable bonds is 3. The fraction of sp³-hybridized carbons (Fsp3) is 0.812. The van der Waals surface area contributed by atoms with Crippen LogP contribution in [0.15, 0.2) is 4.42 Å². The summed E-state index contributed by atoms with van der Waals surface area (Å²) in [5.41, 5.74) is 0. The van der Waals surface area contributed by atoms with Crippen molar-refractivity contribution in [2.24, 2.45) is 5.92 Å². The molecule has 1 amide bonds. The number of likely N-dealkylation sites (tertiary alicyclic amines) is 1. The Bertz CT molecular complexity index is 483. The van der Waals surface area contributed by atoms with Crippen LogP contribution in [0.25, 0.3) is 0 Å². The van der Waals surface area contributed by atoms with E-state index in [-0.39, 0.29) is 11.8 Å². The monoisotopic (exact) mass is 291 g/mol. The molecule has 0 radical (unpaired) electrons. The van der Waals surface area contributed by atoms with Gasteiger partial charge in [0, 0.05) is 30.8 Å². The lowest BCUT2D eigenvalue weighted by Crippen LogP contribution is -2.40. The van der Waals surface area contributed by atoms with Crippen molar-refractivity contribution in [1.29, 1.82) is 0 Å². The molecule has 21 heavy (non-hydrogen) atoms. The smallest absolute Gasteiger partial charge is 0.225 e. The van der Waals surface area contributed by atoms with Crippen LogP contribution < -0.4 is 0 Å². The molecule has 5 heteroatoms. The van der Waals surface area contributed by atoms with Crippen LogP contribution in [0, 0.1) is 5.92 Å². The summed E-state index contributed by atoms with van der Waals surface area (Å²) in [6, 6.07) is 0. The van der Waals surface area contributed by atoms with Crippen LogP contribution in [-0.4, -0.2) is 34.1 Å². The van der Waals surface area contributed by atoms with Crippen LogP contribution in [-0.2, 0) is 4.79 Å². The zero-order chi connectivity index (χ0) is 14.8. The third-order valence-electron chi connectivity index (χ3n) is 4.81. The molecular weight excluding hydrogens is 266 g/mol.